The summed E-state index contributed by atoms with van der Waals surface area (Å²) in [6.07, 6.45) is 0.462. The molecule has 0 saturated carbocycles. The number of carbonyl (C=O) groups is 2. The highest BCUT2D eigenvalue weighted by Crippen LogP contribution is 1.89. The molecule has 0 aromatic rings. The summed E-state index contributed by atoms with van der Waals surface area (Å²) < 4.78 is 8.96. The average Bonchev–Trinajstić information content (AvgIpc) is 2.04. The van der Waals surface area contributed by atoms with E-state index < -0.39 is 0 Å². The normalized spacial score (nSPS) is 8.91. The fourth-order valence-electron chi connectivity index (χ4n) is 0.452. The zero-order chi connectivity index (χ0) is 8.69. The Hall–Kier alpha value is -1.06. The summed E-state index contributed by atoms with van der Waals surface area (Å²) in [6.45, 7) is 1.81. The second kappa shape index (κ2) is 5.70. The maximum atomic E-state index is 10.5. The molecule has 0 rings (SSSR count). The highest BCUT2D eigenvalue weighted by molar-refractivity contribution is 5.71. The molecule has 0 amide bonds. The molecule has 0 heterocycles. The Morgan fingerprint density at radius 2 is 1.91 bits per heavy atom. The van der Waals surface area contributed by atoms with Crippen LogP contribution in [0.25, 0.3) is 0 Å². The zero-order valence-corrected chi connectivity index (χ0v) is 6.75. The van der Waals surface area contributed by atoms with Crippen molar-refractivity contribution < 1.29 is 19.1 Å². The third-order valence-electron chi connectivity index (χ3n) is 1.09. The van der Waals surface area contributed by atoms with Crippen molar-refractivity contribution in [2.75, 3.05) is 13.7 Å². The second-order valence-electron chi connectivity index (χ2n) is 1.90. The van der Waals surface area contributed by atoms with Gasteiger partial charge >= 0.3 is 11.9 Å². The van der Waals surface area contributed by atoms with E-state index in [2.05, 4.69) is 9.47 Å². The van der Waals surface area contributed by atoms with E-state index in [1.807, 2.05) is 0 Å². The van der Waals surface area contributed by atoms with Gasteiger partial charge < -0.3 is 9.47 Å². The van der Waals surface area contributed by atoms with Crippen LogP contribution in [0.1, 0.15) is 19.8 Å². The molecule has 0 aromatic heterocycles. The first kappa shape index (κ1) is 9.94. The second-order valence-corrected chi connectivity index (χ2v) is 1.90. The minimum Gasteiger partial charge on any atom is -0.469 e. The molecule has 4 heteroatoms. The summed E-state index contributed by atoms with van der Waals surface area (Å²) >= 11 is 0. The Kier molecular flexibility index (Phi) is 5.15. The lowest BCUT2D eigenvalue weighted by atomic mass is 10.4. The molecule has 0 unspecified atom stereocenters. The average molecular weight is 160 g/mol. The Morgan fingerprint density at radius 1 is 1.27 bits per heavy atom. The zero-order valence-electron chi connectivity index (χ0n) is 6.75. The Labute approximate surface area is 65.5 Å². The minimum atomic E-state index is -0.367. The topological polar surface area (TPSA) is 52.6 Å². The Morgan fingerprint density at radius 3 is 2.36 bits per heavy atom. The third-order valence-corrected chi connectivity index (χ3v) is 1.09. The first-order chi connectivity index (χ1) is 5.20. The van der Waals surface area contributed by atoms with E-state index in [4.69, 9.17) is 0 Å². The van der Waals surface area contributed by atoms with Gasteiger partial charge in [0.2, 0.25) is 0 Å². The number of ether oxygens (including phenoxy) is 2. The molecule has 11 heavy (non-hydrogen) atoms. The summed E-state index contributed by atoms with van der Waals surface area (Å²) in [5.41, 5.74) is 0. The molecular formula is C7H12O4. The summed E-state index contributed by atoms with van der Waals surface area (Å²) in [6, 6.07) is 0. The number of esters is 2. The van der Waals surface area contributed by atoms with Crippen molar-refractivity contribution >= 4 is 11.9 Å². The van der Waals surface area contributed by atoms with Crippen molar-refractivity contribution in [3.63, 3.8) is 0 Å². The van der Waals surface area contributed by atoms with Crippen LogP contribution >= 0.6 is 0 Å². The van der Waals surface area contributed by atoms with E-state index in [1.54, 1.807) is 6.92 Å². The predicted octanol–water partition coefficient (Wildman–Crippen LogP) is 0.503. The van der Waals surface area contributed by atoms with E-state index in [0.29, 0.717) is 6.42 Å². The molecule has 0 aliphatic rings. The Bertz CT molecular complexity index is 125. The first-order valence-corrected chi connectivity index (χ1v) is 3.43. The summed E-state index contributed by atoms with van der Waals surface area (Å²) in [4.78, 5) is 21.0. The molecule has 4 nitrogen and oxygen atoms in total. The molecule has 0 fully saturated rings. The monoisotopic (exact) mass is 160 g/mol. The van der Waals surface area contributed by atoms with Gasteiger partial charge in [-0.2, -0.15) is 0 Å². The highest BCUT2D eigenvalue weighted by Gasteiger charge is 2.02. The molecule has 0 spiro atoms. The predicted molar refractivity (Wildman–Crippen MR) is 37.9 cm³/mol. The number of hydrogen-bond acceptors (Lipinski definition) is 4. The van der Waals surface area contributed by atoms with E-state index in [-0.39, 0.29) is 25.0 Å². The molecule has 0 aliphatic carbocycles. The molecule has 0 saturated heterocycles. The van der Waals surface area contributed by atoms with Crippen LogP contribution in [-0.4, -0.2) is 25.7 Å². The van der Waals surface area contributed by atoms with Gasteiger partial charge in [-0.3, -0.25) is 9.59 Å². The summed E-state index contributed by atoms with van der Waals surface area (Å²) in [7, 11) is 1.30. The van der Waals surface area contributed by atoms with Crippen molar-refractivity contribution in [1.82, 2.24) is 0 Å². The van der Waals surface area contributed by atoms with Crippen molar-refractivity contribution in [2.45, 2.75) is 19.8 Å². The van der Waals surface area contributed by atoms with Crippen LogP contribution in [0.5, 0.6) is 0 Å². The molecule has 0 bridgehead atoms. The van der Waals surface area contributed by atoms with Gasteiger partial charge in [-0.25, -0.2) is 0 Å². The third kappa shape index (κ3) is 5.39. The minimum absolute atomic E-state index is 0.110. The van der Waals surface area contributed by atoms with Crippen LogP contribution in [0, 0.1) is 0 Å². The van der Waals surface area contributed by atoms with Crippen molar-refractivity contribution in [2.24, 2.45) is 0 Å². The number of methoxy groups -OCH3 is 1. The van der Waals surface area contributed by atoms with Crippen LogP contribution in [0.15, 0.2) is 0 Å². The summed E-state index contributed by atoms with van der Waals surface area (Å²) in [5, 5.41) is 0. The van der Waals surface area contributed by atoms with Crippen LogP contribution < -0.4 is 0 Å². The standard InChI is InChI=1S/C7H12O4/c1-3-6(8)11-5-4-7(9)10-2/h3-5H2,1-2H3. The van der Waals surface area contributed by atoms with E-state index in [1.165, 1.54) is 7.11 Å². The van der Waals surface area contributed by atoms with Gasteiger partial charge in [0.05, 0.1) is 13.5 Å². The van der Waals surface area contributed by atoms with Gasteiger partial charge in [0.25, 0.3) is 0 Å². The summed E-state index contributed by atoms with van der Waals surface area (Å²) in [5.74, 6) is -0.664. The maximum absolute atomic E-state index is 10.5. The SMILES string of the molecule is CCC(=O)OCCC(=O)OC. The van der Waals surface area contributed by atoms with Gasteiger partial charge in [0.1, 0.15) is 6.61 Å². The van der Waals surface area contributed by atoms with Crippen LogP contribution in [0.4, 0.5) is 0 Å². The Balaban J connectivity index is 3.27. The first-order valence-electron chi connectivity index (χ1n) is 3.43. The molecule has 0 radical (unpaired) electrons. The van der Waals surface area contributed by atoms with Gasteiger partial charge in [-0.15, -0.1) is 0 Å². The lowest BCUT2D eigenvalue weighted by Gasteiger charge is -2.00. The van der Waals surface area contributed by atoms with Crippen molar-refractivity contribution in [3.05, 3.63) is 0 Å². The fraction of sp³-hybridized carbons (Fsp3) is 0.714. The molecule has 64 valence electrons. The van der Waals surface area contributed by atoms with Gasteiger partial charge in [-0.05, 0) is 0 Å². The van der Waals surface area contributed by atoms with E-state index in [9.17, 15) is 9.59 Å². The number of carbonyl (C=O) groups excluding carboxylic acids is 2. The largest absolute Gasteiger partial charge is 0.469 e. The lowest BCUT2D eigenvalue weighted by Crippen LogP contribution is -2.09. The highest BCUT2D eigenvalue weighted by atomic mass is 16.5. The quantitative estimate of drug-likeness (QED) is 0.562. The smallest absolute Gasteiger partial charge is 0.308 e. The lowest BCUT2D eigenvalue weighted by molar-refractivity contribution is -0.147. The van der Waals surface area contributed by atoms with Crippen molar-refractivity contribution in [1.29, 1.82) is 0 Å². The molecule has 0 aliphatic heterocycles. The maximum Gasteiger partial charge on any atom is 0.308 e. The fourth-order valence-corrected chi connectivity index (χ4v) is 0.452. The van der Waals surface area contributed by atoms with E-state index in [0.717, 1.165) is 0 Å². The van der Waals surface area contributed by atoms with E-state index >= 15 is 0 Å². The number of hydrogen-bond donors (Lipinski definition) is 0. The molecule has 0 N–H and O–H groups in total. The van der Waals surface area contributed by atoms with Crippen molar-refractivity contribution in [3.8, 4) is 0 Å². The van der Waals surface area contributed by atoms with Crippen LogP contribution in [-0.2, 0) is 19.1 Å². The van der Waals surface area contributed by atoms with Gasteiger partial charge in [-0.1, -0.05) is 6.92 Å². The van der Waals surface area contributed by atoms with Crippen LogP contribution in [0.2, 0.25) is 0 Å². The number of rotatable bonds is 4. The molecule has 0 aromatic carbocycles. The van der Waals surface area contributed by atoms with Gasteiger partial charge in [0.15, 0.2) is 0 Å². The van der Waals surface area contributed by atoms with Crippen LogP contribution in [0.3, 0.4) is 0 Å². The molecule has 0 atom stereocenters. The molecular weight excluding hydrogens is 148 g/mol. The van der Waals surface area contributed by atoms with Gasteiger partial charge in [0, 0.05) is 6.42 Å².